The van der Waals surface area contributed by atoms with Gasteiger partial charge in [0, 0.05) is 16.8 Å². The van der Waals surface area contributed by atoms with Crippen LogP contribution in [0.25, 0.3) is 16.8 Å². The molecule has 0 bridgehead atoms. The molecule has 0 spiro atoms. The van der Waals surface area contributed by atoms with Crippen molar-refractivity contribution in [2.45, 2.75) is 6.10 Å². The van der Waals surface area contributed by atoms with Gasteiger partial charge in [-0.3, -0.25) is 4.40 Å². The van der Waals surface area contributed by atoms with Crippen molar-refractivity contribution in [3.63, 3.8) is 0 Å². The van der Waals surface area contributed by atoms with E-state index in [4.69, 9.17) is 4.74 Å². The van der Waals surface area contributed by atoms with Crippen molar-refractivity contribution in [2.24, 2.45) is 0 Å². The van der Waals surface area contributed by atoms with Gasteiger partial charge in [-0.25, -0.2) is 14.8 Å². The zero-order valence-corrected chi connectivity index (χ0v) is 14.3. The Bertz CT molecular complexity index is 906. The van der Waals surface area contributed by atoms with Crippen LogP contribution >= 0.6 is 22.6 Å². The number of rotatable bonds is 2. The second-order valence-corrected chi connectivity index (χ2v) is 6.38. The Morgan fingerprint density at radius 3 is 3.09 bits per heavy atom. The Labute approximate surface area is 144 Å². The fourth-order valence-electron chi connectivity index (χ4n) is 2.51. The van der Waals surface area contributed by atoms with E-state index >= 15 is 0 Å². The fourth-order valence-corrected chi connectivity index (χ4v) is 2.94. The number of aromatic nitrogens is 5. The van der Waals surface area contributed by atoms with Crippen molar-refractivity contribution in [3.05, 3.63) is 22.2 Å². The number of nitrogens with one attached hydrogen (secondary N) is 1. The summed E-state index contributed by atoms with van der Waals surface area (Å²) >= 11 is 2.21. The summed E-state index contributed by atoms with van der Waals surface area (Å²) in [5.41, 5.74) is 2.16. The average molecular weight is 425 g/mol. The maximum absolute atomic E-state index is 11.2. The van der Waals surface area contributed by atoms with E-state index in [9.17, 15) is 4.79 Å². The van der Waals surface area contributed by atoms with Crippen LogP contribution in [0.3, 0.4) is 0 Å². The third-order valence-corrected chi connectivity index (χ3v) is 4.25. The van der Waals surface area contributed by atoms with E-state index in [2.05, 4.69) is 48.1 Å². The van der Waals surface area contributed by atoms with Gasteiger partial charge >= 0.3 is 6.09 Å². The van der Waals surface area contributed by atoms with Crippen LogP contribution in [-0.2, 0) is 4.74 Å². The van der Waals surface area contributed by atoms with Crippen molar-refractivity contribution in [1.29, 1.82) is 0 Å². The van der Waals surface area contributed by atoms with Crippen LogP contribution in [0.5, 0.6) is 0 Å². The van der Waals surface area contributed by atoms with Gasteiger partial charge in [0.15, 0.2) is 11.5 Å². The molecule has 9 nitrogen and oxygen atoms in total. The smallest absolute Gasteiger partial charge is 0.407 e. The van der Waals surface area contributed by atoms with E-state index in [0.29, 0.717) is 30.2 Å². The summed E-state index contributed by atoms with van der Waals surface area (Å²) < 4.78 is 8.10. The molecule has 0 saturated carbocycles. The largest absolute Gasteiger partial charge is 0.442 e. The maximum Gasteiger partial charge on any atom is 0.407 e. The maximum atomic E-state index is 11.2. The van der Waals surface area contributed by atoms with Crippen LogP contribution in [0.15, 0.2) is 18.6 Å². The molecular weight excluding hydrogens is 413 g/mol. The van der Waals surface area contributed by atoms with Crippen molar-refractivity contribution < 1.29 is 9.53 Å². The summed E-state index contributed by atoms with van der Waals surface area (Å²) in [7, 11) is 1.54. The van der Waals surface area contributed by atoms with Crippen LogP contribution in [0, 0.1) is 3.57 Å². The van der Waals surface area contributed by atoms with Crippen molar-refractivity contribution in [1.82, 2.24) is 29.9 Å². The molecule has 0 aliphatic carbocycles. The first kappa shape index (κ1) is 14.4. The minimum Gasteiger partial charge on any atom is -0.442 e. The highest BCUT2D eigenvalue weighted by Crippen LogP contribution is 2.27. The summed E-state index contributed by atoms with van der Waals surface area (Å²) in [6.45, 7) is 1.14. The Balaban J connectivity index is 1.69. The molecule has 118 valence electrons. The molecule has 1 N–H and O–H groups in total. The summed E-state index contributed by atoms with van der Waals surface area (Å²) in [5.74, 6) is 0.695. The molecule has 4 heterocycles. The normalized spacial score (nSPS) is 15.0. The lowest BCUT2D eigenvalue weighted by Gasteiger charge is -2.38. The summed E-state index contributed by atoms with van der Waals surface area (Å²) in [6.07, 6.45) is 2.84. The number of alkyl carbamates (subject to hydrolysis) is 1. The lowest BCUT2D eigenvalue weighted by atomic mass is 10.1. The number of anilines is 1. The minimum atomic E-state index is -0.426. The molecule has 0 radical (unpaired) electrons. The van der Waals surface area contributed by atoms with Gasteiger partial charge in [0.1, 0.15) is 12.4 Å². The van der Waals surface area contributed by atoms with E-state index in [-0.39, 0.29) is 6.10 Å². The SMILES string of the molecule is CNC(=O)OC1CN(c2nc3ncc(I)cc3n3cnnc23)C1. The second kappa shape index (κ2) is 5.44. The predicted octanol–water partition coefficient (Wildman–Crippen LogP) is 0.822. The van der Waals surface area contributed by atoms with Crippen molar-refractivity contribution in [3.8, 4) is 0 Å². The highest BCUT2D eigenvalue weighted by atomic mass is 127. The number of pyridine rings is 1. The molecule has 1 aliphatic heterocycles. The molecule has 3 aromatic heterocycles. The zero-order valence-electron chi connectivity index (χ0n) is 12.1. The molecular formula is C13H12IN7O2. The standard InChI is InChI=1S/C13H12IN7O2/c1-15-13(22)23-8-4-20(5-8)11-12-19-17-6-21(12)9-2-7(14)3-16-10(9)18-11/h2-3,6,8H,4-5H2,1H3,(H,15,22). The Hall–Kier alpha value is -2.24. The first-order chi connectivity index (χ1) is 11.2. The van der Waals surface area contributed by atoms with Gasteiger partial charge < -0.3 is 15.0 Å². The molecule has 1 fully saturated rings. The van der Waals surface area contributed by atoms with Crippen LogP contribution in [0.2, 0.25) is 0 Å². The fraction of sp³-hybridized carbons (Fsp3) is 0.308. The number of nitrogens with zero attached hydrogens (tertiary/aromatic N) is 6. The molecule has 1 saturated heterocycles. The van der Waals surface area contributed by atoms with E-state index in [1.54, 1.807) is 12.5 Å². The third-order valence-electron chi connectivity index (χ3n) is 3.66. The molecule has 3 aromatic rings. The number of halogens is 1. The molecule has 0 unspecified atom stereocenters. The van der Waals surface area contributed by atoms with Gasteiger partial charge in [-0.05, 0) is 28.7 Å². The van der Waals surface area contributed by atoms with Crippen LogP contribution in [-0.4, -0.2) is 56.9 Å². The Morgan fingerprint density at radius 1 is 1.48 bits per heavy atom. The highest BCUT2D eigenvalue weighted by Gasteiger charge is 2.33. The lowest BCUT2D eigenvalue weighted by Crippen LogP contribution is -2.54. The van der Waals surface area contributed by atoms with Gasteiger partial charge in [0.25, 0.3) is 0 Å². The second-order valence-electron chi connectivity index (χ2n) is 5.14. The quantitative estimate of drug-likeness (QED) is 0.608. The number of ether oxygens (including phenoxy) is 1. The summed E-state index contributed by atoms with van der Waals surface area (Å²) in [4.78, 5) is 22.2. The summed E-state index contributed by atoms with van der Waals surface area (Å²) in [6, 6.07) is 1.99. The monoisotopic (exact) mass is 425 g/mol. The highest BCUT2D eigenvalue weighted by molar-refractivity contribution is 14.1. The Morgan fingerprint density at radius 2 is 2.30 bits per heavy atom. The number of hydrogen-bond acceptors (Lipinski definition) is 7. The molecule has 0 atom stereocenters. The van der Waals surface area contributed by atoms with Gasteiger partial charge in [-0.15, -0.1) is 10.2 Å². The molecule has 1 amide bonds. The number of fused-ring (bicyclic) bond motifs is 3. The van der Waals surface area contributed by atoms with Gasteiger partial charge in [0.2, 0.25) is 5.65 Å². The van der Waals surface area contributed by atoms with Crippen LogP contribution in [0.4, 0.5) is 10.6 Å². The third kappa shape index (κ3) is 2.42. The van der Waals surface area contributed by atoms with Crippen LogP contribution < -0.4 is 10.2 Å². The number of hydrogen-bond donors (Lipinski definition) is 1. The average Bonchev–Trinajstić information content (AvgIpc) is 3.00. The van der Waals surface area contributed by atoms with E-state index in [1.165, 1.54) is 7.05 Å². The first-order valence-electron chi connectivity index (χ1n) is 6.94. The predicted molar refractivity (Wildman–Crippen MR) is 90.3 cm³/mol. The summed E-state index contributed by atoms with van der Waals surface area (Å²) in [5, 5.41) is 10.6. The van der Waals surface area contributed by atoms with Gasteiger partial charge in [-0.2, -0.15) is 0 Å². The zero-order chi connectivity index (χ0) is 16.0. The number of carbonyl (C=O) groups is 1. The van der Waals surface area contributed by atoms with E-state index in [0.717, 1.165) is 9.09 Å². The molecule has 4 rings (SSSR count). The molecule has 0 aromatic carbocycles. The molecule has 1 aliphatic rings. The first-order valence-corrected chi connectivity index (χ1v) is 8.02. The van der Waals surface area contributed by atoms with Crippen molar-refractivity contribution >= 4 is 51.3 Å². The minimum absolute atomic E-state index is 0.153. The lowest BCUT2D eigenvalue weighted by molar-refractivity contribution is 0.0824. The number of carbonyl (C=O) groups excluding carboxylic acids is 1. The van der Waals surface area contributed by atoms with E-state index in [1.807, 2.05) is 15.4 Å². The number of amides is 1. The Kier molecular flexibility index (Phi) is 3.39. The van der Waals surface area contributed by atoms with Gasteiger partial charge in [0.05, 0.1) is 18.6 Å². The van der Waals surface area contributed by atoms with Crippen molar-refractivity contribution in [2.75, 3.05) is 25.0 Å². The van der Waals surface area contributed by atoms with Crippen LogP contribution in [0.1, 0.15) is 0 Å². The molecule has 23 heavy (non-hydrogen) atoms. The molecule has 10 heteroatoms. The van der Waals surface area contributed by atoms with Gasteiger partial charge in [-0.1, -0.05) is 0 Å². The van der Waals surface area contributed by atoms with E-state index < -0.39 is 6.09 Å². The topological polar surface area (TPSA) is 97.5 Å².